The number of carboxylic acid groups (broad SMARTS) is 1. The van der Waals surface area contributed by atoms with Crippen LogP contribution in [0.3, 0.4) is 0 Å². The van der Waals surface area contributed by atoms with Crippen molar-refractivity contribution >= 4 is 29.2 Å². The second kappa shape index (κ2) is 6.25. The van der Waals surface area contributed by atoms with Crippen LogP contribution in [0.5, 0.6) is 5.75 Å². The zero-order valence-corrected chi connectivity index (χ0v) is 11.6. The number of rotatable bonds is 5. The van der Waals surface area contributed by atoms with Crippen LogP contribution in [-0.2, 0) is 14.4 Å². The molecule has 2 amide bonds. The van der Waals surface area contributed by atoms with Crippen molar-refractivity contribution in [1.29, 1.82) is 0 Å². The fourth-order valence-electron chi connectivity index (χ4n) is 2.22. The van der Waals surface area contributed by atoms with E-state index in [9.17, 15) is 14.4 Å². The number of amides is 2. The Morgan fingerprint density at radius 2 is 2.19 bits per heavy atom. The lowest BCUT2D eigenvalue weighted by Gasteiger charge is -2.19. The van der Waals surface area contributed by atoms with Gasteiger partial charge in [-0.1, -0.05) is 0 Å². The van der Waals surface area contributed by atoms with Gasteiger partial charge >= 0.3 is 5.97 Å². The largest absolute Gasteiger partial charge is 0.494 e. The van der Waals surface area contributed by atoms with Gasteiger partial charge in [0, 0.05) is 24.7 Å². The van der Waals surface area contributed by atoms with Gasteiger partial charge in [-0.2, -0.15) is 0 Å². The molecule has 0 aromatic heterocycles. The quantitative estimate of drug-likeness (QED) is 0.796. The molecular weight excluding hydrogens is 276 g/mol. The maximum atomic E-state index is 11.8. The monoisotopic (exact) mass is 292 g/mol. The van der Waals surface area contributed by atoms with Crippen LogP contribution in [0.2, 0.25) is 0 Å². The number of hydrogen-bond acceptors (Lipinski definition) is 4. The Morgan fingerprint density at radius 3 is 2.76 bits per heavy atom. The van der Waals surface area contributed by atoms with Crippen LogP contribution < -0.4 is 15.0 Å². The highest BCUT2D eigenvalue weighted by molar-refractivity contribution is 6.02. The van der Waals surface area contributed by atoms with Gasteiger partial charge in [-0.05, 0) is 18.6 Å². The molecular formula is C14H16N2O5. The van der Waals surface area contributed by atoms with Gasteiger partial charge in [0.15, 0.2) is 0 Å². The number of ether oxygens (including phenoxy) is 1. The van der Waals surface area contributed by atoms with E-state index in [-0.39, 0.29) is 5.91 Å². The van der Waals surface area contributed by atoms with Crippen LogP contribution in [0.15, 0.2) is 18.2 Å². The summed E-state index contributed by atoms with van der Waals surface area (Å²) in [5.41, 5.74) is 1.07. The maximum Gasteiger partial charge on any atom is 0.312 e. The lowest BCUT2D eigenvalue weighted by molar-refractivity contribution is -0.139. The van der Waals surface area contributed by atoms with Crippen molar-refractivity contribution in [3.05, 3.63) is 18.2 Å². The van der Waals surface area contributed by atoms with Crippen molar-refractivity contribution in [2.75, 3.05) is 23.9 Å². The molecule has 2 N–H and O–H groups in total. The Kier molecular flexibility index (Phi) is 4.42. The van der Waals surface area contributed by atoms with Crippen molar-refractivity contribution in [1.82, 2.24) is 0 Å². The summed E-state index contributed by atoms with van der Waals surface area (Å²) in [7, 11) is 1.47. The minimum absolute atomic E-state index is 0.0379. The number of nitrogens with one attached hydrogen (secondary N) is 1. The van der Waals surface area contributed by atoms with Gasteiger partial charge in [0.05, 0.1) is 12.8 Å². The Bertz CT molecular complexity index is 585. The normalized spacial score (nSPS) is 14.1. The summed E-state index contributed by atoms with van der Waals surface area (Å²) in [6.07, 6.45) is 0.716. The Morgan fingerprint density at radius 1 is 1.43 bits per heavy atom. The van der Waals surface area contributed by atoms with Crippen molar-refractivity contribution in [3.8, 4) is 5.75 Å². The summed E-state index contributed by atoms with van der Waals surface area (Å²) in [5, 5.41) is 11.0. The molecule has 1 aromatic rings. The van der Waals surface area contributed by atoms with E-state index in [1.54, 1.807) is 23.1 Å². The van der Waals surface area contributed by atoms with Gasteiger partial charge in [-0.15, -0.1) is 0 Å². The first-order chi connectivity index (χ1) is 10.0. The van der Waals surface area contributed by atoms with Crippen molar-refractivity contribution in [2.24, 2.45) is 0 Å². The third kappa shape index (κ3) is 3.50. The Balaban J connectivity index is 2.18. The molecule has 21 heavy (non-hydrogen) atoms. The molecule has 0 unspecified atom stereocenters. The van der Waals surface area contributed by atoms with E-state index >= 15 is 0 Å². The highest BCUT2D eigenvalue weighted by Crippen LogP contribution is 2.33. The molecule has 2 rings (SSSR count). The van der Waals surface area contributed by atoms with Crippen molar-refractivity contribution < 1.29 is 24.2 Å². The molecule has 0 radical (unpaired) electrons. The van der Waals surface area contributed by atoms with E-state index in [4.69, 9.17) is 9.84 Å². The number of anilines is 2. The minimum Gasteiger partial charge on any atom is -0.494 e. The summed E-state index contributed by atoms with van der Waals surface area (Å²) < 4.78 is 5.25. The van der Waals surface area contributed by atoms with Crippen molar-refractivity contribution in [3.63, 3.8) is 0 Å². The van der Waals surface area contributed by atoms with E-state index < -0.39 is 18.3 Å². The van der Waals surface area contributed by atoms with E-state index in [1.807, 2.05) is 0 Å². The molecule has 1 aliphatic heterocycles. The summed E-state index contributed by atoms with van der Waals surface area (Å²) in [5.74, 6) is -1.32. The second-order valence-electron chi connectivity index (χ2n) is 4.65. The zero-order valence-electron chi connectivity index (χ0n) is 11.6. The summed E-state index contributed by atoms with van der Waals surface area (Å²) in [6.45, 7) is 0.639. The lowest BCUT2D eigenvalue weighted by atomic mass is 10.2. The second-order valence-corrected chi connectivity index (χ2v) is 4.65. The highest BCUT2D eigenvalue weighted by Gasteiger charge is 2.24. The van der Waals surface area contributed by atoms with Gasteiger partial charge in [-0.3, -0.25) is 14.4 Å². The van der Waals surface area contributed by atoms with Crippen LogP contribution in [0.25, 0.3) is 0 Å². The van der Waals surface area contributed by atoms with Gasteiger partial charge < -0.3 is 20.1 Å². The number of carbonyl (C=O) groups is 3. The standard InChI is InChI=1S/C14H16N2O5/c1-21-11-7-9(15-12(17)8-14(19)20)4-5-10(11)16-6-2-3-13(16)18/h4-5,7H,2-3,6,8H2,1H3,(H,15,17)(H,19,20). The molecule has 1 aliphatic rings. The van der Waals surface area contributed by atoms with E-state index in [2.05, 4.69) is 5.32 Å². The molecule has 0 saturated carbocycles. The number of hydrogen-bond donors (Lipinski definition) is 2. The number of carbonyl (C=O) groups excluding carboxylic acids is 2. The van der Waals surface area contributed by atoms with Crippen LogP contribution >= 0.6 is 0 Å². The Labute approximate surface area is 121 Å². The van der Waals surface area contributed by atoms with E-state index in [0.717, 1.165) is 6.42 Å². The molecule has 0 bridgehead atoms. The number of aliphatic carboxylic acids is 1. The van der Waals surface area contributed by atoms with Gasteiger partial charge in [0.2, 0.25) is 11.8 Å². The molecule has 7 heteroatoms. The predicted molar refractivity (Wildman–Crippen MR) is 75.5 cm³/mol. The van der Waals surface area contributed by atoms with E-state index in [0.29, 0.717) is 30.1 Å². The molecule has 1 fully saturated rings. The molecule has 0 aliphatic carbocycles. The smallest absolute Gasteiger partial charge is 0.312 e. The average Bonchev–Trinajstić information content (AvgIpc) is 2.83. The molecule has 1 heterocycles. The van der Waals surface area contributed by atoms with Gasteiger partial charge in [0.1, 0.15) is 12.2 Å². The first-order valence-electron chi connectivity index (χ1n) is 6.51. The van der Waals surface area contributed by atoms with Crippen LogP contribution in [0.1, 0.15) is 19.3 Å². The number of benzene rings is 1. The Hall–Kier alpha value is -2.57. The fraction of sp³-hybridized carbons (Fsp3) is 0.357. The third-order valence-electron chi connectivity index (χ3n) is 3.14. The first-order valence-corrected chi connectivity index (χ1v) is 6.51. The highest BCUT2D eigenvalue weighted by atomic mass is 16.5. The van der Waals surface area contributed by atoms with Crippen LogP contribution in [0.4, 0.5) is 11.4 Å². The number of carboxylic acids is 1. The van der Waals surface area contributed by atoms with E-state index in [1.165, 1.54) is 7.11 Å². The fourth-order valence-corrected chi connectivity index (χ4v) is 2.22. The lowest BCUT2D eigenvalue weighted by Crippen LogP contribution is -2.24. The predicted octanol–water partition coefficient (Wildman–Crippen LogP) is 1.24. The van der Waals surface area contributed by atoms with Crippen LogP contribution in [0, 0.1) is 0 Å². The van der Waals surface area contributed by atoms with Crippen LogP contribution in [-0.4, -0.2) is 36.5 Å². The van der Waals surface area contributed by atoms with Gasteiger partial charge in [0.25, 0.3) is 0 Å². The maximum absolute atomic E-state index is 11.8. The minimum atomic E-state index is -1.20. The average molecular weight is 292 g/mol. The zero-order chi connectivity index (χ0) is 15.4. The summed E-state index contributed by atoms with van der Waals surface area (Å²) in [4.78, 5) is 35.3. The molecule has 1 aromatic carbocycles. The third-order valence-corrected chi connectivity index (χ3v) is 3.14. The summed E-state index contributed by atoms with van der Waals surface area (Å²) >= 11 is 0. The molecule has 0 atom stereocenters. The summed E-state index contributed by atoms with van der Waals surface area (Å²) in [6, 6.07) is 4.86. The molecule has 7 nitrogen and oxygen atoms in total. The van der Waals surface area contributed by atoms with Crippen molar-refractivity contribution in [2.45, 2.75) is 19.3 Å². The molecule has 0 spiro atoms. The first kappa shape index (κ1) is 14.8. The number of nitrogens with zero attached hydrogens (tertiary/aromatic N) is 1. The van der Waals surface area contributed by atoms with Gasteiger partial charge in [-0.25, -0.2) is 0 Å². The molecule has 112 valence electrons. The number of methoxy groups -OCH3 is 1. The topological polar surface area (TPSA) is 95.9 Å². The molecule has 1 saturated heterocycles. The SMILES string of the molecule is COc1cc(NC(=O)CC(=O)O)ccc1N1CCCC1=O.